The molecule has 0 aliphatic carbocycles. The van der Waals surface area contributed by atoms with E-state index in [0.29, 0.717) is 17.8 Å². The Labute approximate surface area is 107 Å². The molecule has 1 rings (SSSR count). The van der Waals surface area contributed by atoms with E-state index < -0.39 is 0 Å². The third kappa shape index (κ3) is 3.85. The van der Waals surface area contributed by atoms with Crippen molar-refractivity contribution in [2.45, 2.75) is 20.3 Å². The number of benzene rings is 1. The molecule has 0 radical (unpaired) electrons. The van der Waals surface area contributed by atoms with Crippen molar-refractivity contribution < 1.29 is 14.3 Å². The van der Waals surface area contributed by atoms with Crippen LogP contribution < -0.4 is 10.6 Å². The summed E-state index contributed by atoms with van der Waals surface area (Å²) in [5.74, 6) is -0.280. The number of methoxy groups -OCH3 is 1. The molecular weight excluding hydrogens is 232 g/mol. The van der Waals surface area contributed by atoms with E-state index in [1.165, 1.54) is 7.11 Å². The van der Waals surface area contributed by atoms with E-state index in [9.17, 15) is 9.59 Å². The molecule has 98 valence electrons. The van der Waals surface area contributed by atoms with Gasteiger partial charge in [-0.2, -0.15) is 0 Å². The Bertz CT molecular complexity index is 444. The zero-order valence-corrected chi connectivity index (χ0v) is 10.9. The molecule has 0 aliphatic rings. The molecule has 0 fully saturated rings. The molecule has 0 atom stereocenters. The van der Waals surface area contributed by atoms with Crippen LogP contribution in [0.1, 0.15) is 18.9 Å². The normalized spacial score (nSPS) is 9.94. The van der Waals surface area contributed by atoms with E-state index >= 15 is 0 Å². The average molecular weight is 250 g/mol. The Morgan fingerprint density at radius 2 is 1.72 bits per heavy atom. The quantitative estimate of drug-likeness (QED) is 0.839. The van der Waals surface area contributed by atoms with Crippen LogP contribution in [0.4, 0.5) is 11.4 Å². The van der Waals surface area contributed by atoms with Gasteiger partial charge in [0.1, 0.15) is 6.61 Å². The number of carbonyl (C=O) groups excluding carboxylic acids is 2. The van der Waals surface area contributed by atoms with Crippen molar-refractivity contribution in [2.24, 2.45) is 0 Å². The fourth-order valence-electron chi connectivity index (χ4n) is 1.46. The Morgan fingerprint density at radius 3 is 2.22 bits per heavy atom. The van der Waals surface area contributed by atoms with Gasteiger partial charge in [0.05, 0.1) is 0 Å². The number of anilines is 2. The lowest BCUT2D eigenvalue weighted by atomic mass is 10.1. The number of rotatable bonds is 5. The zero-order valence-electron chi connectivity index (χ0n) is 10.9. The second kappa shape index (κ2) is 6.76. The van der Waals surface area contributed by atoms with Gasteiger partial charge in [-0.3, -0.25) is 9.59 Å². The summed E-state index contributed by atoms with van der Waals surface area (Å²) in [6.45, 7) is 3.63. The fraction of sp³-hybridized carbons (Fsp3) is 0.385. The summed E-state index contributed by atoms with van der Waals surface area (Å²) in [6.07, 6.45) is 0.416. The molecule has 5 nitrogen and oxygen atoms in total. The first kappa shape index (κ1) is 14.2. The number of carbonyl (C=O) groups is 2. The molecule has 5 heteroatoms. The van der Waals surface area contributed by atoms with Gasteiger partial charge in [-0.15, -0.1) is 0 Å². The van der Waals surface area contributed by atoms with Crippen LogP contribution in [0.15, 0.2) is 18.2 Å². The highest BCUT2D eigenvalue weighted by Crippen LogP contribution is 2.23. The highest BCUT2D eigenvalue weighted by Gasteiger charge is 2.08. The molecule has 0 spiro atoms. The number of amides is 2. The van der Waals surface area contributed by atoms with E-state index in [-0.39, 0.29) is 18.4 Å². The first-order chi connectivity index (χ1) is 8.58. The summed E-state index contributed by atoms with van der Waals surface area (Å²) in [4.78, 5) is 22.8. The minimum absolute atomic E-state index is 0.00495. The van der Waals surface area contributed by atoms with E-state index in [4.69, 9.17) is 4.74 Å². The van der Waals surface area contributed by atoms with Gasteiger partial charge in [-0.1, -0.05) is 13.0 Å². The standard InChI is InChI=1S/C13H18N2O3/c1-4-12(16)14-10-6-5-7-11(9(10)2)15-13(17)8-18-3/h5-7H,4,8H2,1-3H3,(H,14,16)(H,15,17). The molecule has 1 aromatic carbocycles. The maximum Gasteiger partial charge on any atom is 0.250 e. The van der Waals surface area contributed by atoms with Gasteiger partial charge < -0.3 is 15.4 Å². The van der Waals surface area contributed by atoms with Crippen LogP contribution in [0.3, 0.4) is 0 Å². The number of ether oxygens (including phenoxy) is 1. The third-order valence-electron chi connectivity index (χ3n) is 2.48. The van der Waals surface area contributed by atoms with E-state index in [1.54, 1.807) is 25.1 Å². The zero-order chi connectivity index (χ0) is 13.5. The second-order valence-corrected chi connectivity index (χ2v) is 3.86. The largest absolute Gasteiger partial charge is 0.375 e. The van der Waals surface area contributed by atoms with Crippen molar-refractivity contribution in [2.75, 3.05) is 24.4 Å². The van der Waals surface area contributed by atoms with Crippen molar-refractivity contribution in [1.82, 2.24) is 0 Å². The second-order valence-electron chi connectivity index (χ2n) is 3.86. The molecule has 0 unspecified atom stereocenters. The molecule has 0 bridgehead atoms. The van der Waals surface area contributed by atoms with E-state index in [0.717, 1.165) is 5.56 Å². The Balaban J connectivity index is 2.84. The van der Waals surface area contributed by atoms with Crippen LogP contribution in [0.25, 0.3) is 0 Å². The van der Waals surface area contributed by atoms with Gasteiger partial charge >= 0.3 is 0 Å². The lowest BCUT2D eigenvalue weighted by Gasteiger charge is -2.12. The van der Waals surface area contributed by atoms with Gasteiger partial charge in [0.25, 0.3) is 0 Å². The minimum Gasteiger partial charge on any atom is -0.375 e. The van der Waals surface area contributed by atoms with Gasteiger partial charge in [-0.25, -0.2) is 0 Å². The maximum absolute atomic E-state index is 11.4. The molecule has 0 saturated carbocycles. The summed E-state index contributed by atoms with van der Waals surface area (Å²) >= 11 is 0. The molecule has 2 amide bonds. The highest BCUT2D eigenvalue weighted by atomic mass is 16.5. The molecule has 0 aromatic heterocycles. The molecule has 2 N–H and O–H groups in total. The summed E-state index contributed by atoms with van der Waals surface area (Å²) in [7, 11) is 1.46. The molecule has 0 saturated heterocycles. The molecule has 1 aromatic rings. The first-order valence-corrected chi connectivity index (χ1v) is 5.76. The van der Waals surface area contributed by atoms with Gasteiger partial charge in [-0.05, 0) is 24.6 Å². The van der Waals surface area contributed by atoms with E-state index in [1.807, 2.05) is 6.92 Å². The average Bonchev–Trinajstić information content (AvgIpc) is 2.34. The highest BCUT2D eigenvalue weighted by molar-refractivity contribution is 5.96. The fourth-order valence-corrected chi connectivity index (χ4v) is 1.46. The topological polar surface area (TPSA) is 67.4 Å². The molecule has 0 aliphatic heterocycles. The van der Waals surface area contributed by atoms with Crippen LogP contribution in [0, 0.1) is 6.92 Å². The van der Waals surface area contributed by atoms with Crippen LogP contribution >= 0.6 is 0 Å². The number of hydrogen-bond acceptors (Lipinski definition) is 3. The molecule has 18 heavy (non-hydrogen) atoms. The smallest absolute Gasteiger partial charge is 0.250 e. The Hall–Kier alpha value is -1.88. The maximum atomic E-state index is 11.4. The SMILES string of the molecule is CCC(=O)Nc1cccc(NC(=O)COC)c1C. The van der Waals surface area contributed by atoms with Crippen molar-refractivity contribution in [3.63, 3.8) is 0 Å². The summed E-state index contributed by atoms with van der Waals surface area (Å²) in [6, 6.07) is 5.36. The minimum atomic E-state index is -0.223. The van der Waals surface area contributed by atoms with Crippen LogP contribution in [-0.2, 0) is 14.3 Å². The van der Waals surface area contributed by atoms with Crippen molar-refractivity contribution >= 4 is 23.2 Å². The van der Waals surface area contributed by atoms with Crippen molar-refractivity contribution in [3.05, 3.63) is 23.8 Å². The summed E-state index contributed by atoms with van der Waals surface area (Å²) in [5.41, 5.74) is 2.20. The Kier molecular flexibility index (Phi) is 5.32. The van der Waals surface area contributed by atoms with E-state index in [2.05, 4.69) is 10.6 Å². The van der Waals surface area contributed by atoms with Gasteiger partial charge in [0, 0.05) is 24.9 Å². The third-order valence-corrected chi connectivity index (χ3v) is 2.48. The predicted octanol–water partition coefficient (Wildman–Crippen LogP) is 1.93. The van der Waals surface area contributed by atoms with Crippen molar-refractivity contribution in [1.29, 1.82) is 0 Å². The molecule has 0 heterocycles. The monoisotopic (exact) mass is 250 g/mol. The number of hydrogen-bond donors (Lipinski definition) is 2. The van der Waals surface area contributed by atoms with Gasteiger partial charge in [0.15, 0.2) is 0 Å². The van der Waals surface area contributed by atoms with Crippen LogP contribution in [-0.4, -0.2) is 25.5 Å². The summed E-state index contributed by atoms with van der Waals surface area (Å²) < 4.78 is 4.75. The lowest BCUT2D eigenvalue weighted by molar-refractivity contribution is -0.119. The lowest BCUT2D eigenvalue weighted by Crippen LogP contribution is -2.18. The van der Waals surface area contributed by atoms with Crippen molar-refractivity contribution in [3.8, 4) is 0 Å². The molecular formula is C13H18N2O3. The number of nitrogens with one attached hydrogen (secondary N) is 2. The van der Waals surface area contributed by atoms with Gasteiger partial charge in [0.2, 0.25) is 11.8 Å². The predicted molar refractivity (Wildman–Crippen MR) is 70.6 cm³/mol. The first-order valence-electron chi connectivity index (χ1n) is 5.76. The summed E-state index contributed by atoms with van der Waals surface area (Å²) in [5, 5.41) is 5.51. The Morgan fingerprint density at radius 1 is 1.17 bits per heavy atom. The van der Waals surface area contributed by atoms with Crippen LogP contribution in [0.5, 0.6) is 0 Å². The van der Waals surface area contributed by atoms with Crippen LogP contribution in [0.2, 0.25) is 0 Å².